The van der Waals surface area contributed by atoms with Gasteiger partial charge in [0.2, 0.25) is 0 Å². The van der Waals surface area contributed by atoms with Gasteiger partial charge in [-0.1, -0.05) is 18.2 Å². The number of likely N-dealkylation sites (tertiary alicyclic amines) is 1. The average Bonchev–Trinajstić information content (AvgIpc) is 3.73. The van der Waals surface area contributed by atoms with Crippen LogP contribution in [0.15, 0.2) is 35.3 Å². The minimum atomic E-state index is -3.39. The molecular weight excluding hydrogens is 521 g/mol. The predicted molar refractivity (Wildman–Crippen MR) is 123 cm³/mol. The highest BCUT2D eigenvalue weighted by Crippen LogP contribution is 2.49. The van der Waals surface area contributed by atoms with E-state index in [1.807, 2.05) is 12.4 Å². The number of fused-ring (bicyclic) bond motifs is 1. The van der Waals surface area contributed by atoms with Crippen molar-refractivity contribution in [2.24, 2.45) is 11.8 Å². The zero-order valence-electron chi connectivity index (χ0n) is 20.1. The quantitative estimate of drug-likeness (QED) is 0.458. The zero-order chi connectivity index (χ0) is 27.5. The van der Waals surface area contributed by atoms with Crippen LogP contribution in [0.1, 0.15) is 46.8 Å². The molecule has 2 heterocycles. The van der Waals surface area contributed by atoms with Gasteiger partial charge in [-0.05, 0) is 31.7 Å². The number of nitrogens with zero attached hydrogens (tertiary/aromatic N) is 2. The minimum Gasteiger partial charge on any atom is -0.381 e. The summed E-state index contributed by atoms with van der Waals surface area (Å²) < 4.78 is 97.3. The van der Waals surface area contributed by atoms with Crippen LogP contribution in [0.3, 0.4) is 0 Å². The van der Waals surface area contributed by atoms with E-state index in [9.17, 15) is 40.3 Å². The van der Waals surface area contributed by atoms with Crippen LogP contribution in [-0.4, -0.2) is 54.4 Å². The summed E-state index contributed by atoms with van der Waals surface area (Å²) in [6.07, 6.45) is -8.68. The number of hydrogen-bond acceptors (Lipinski definition) is 4. The van der Waals surface area contributed by atoms with Crippen molar-refractivity contribution in [3.05, 3.63) is 63.3 Å². The molecule has 4 atom stereocenters. The summed E-state index contributed by atoms with van der Waals surface area (Å²) in [7, 11) is 1.94. The molecule has 0 spiro atoms. The first-order valence-electron chi connectivity index (χ1n) is 12.1. The first-order valence-corrected chi connectivity index (χ1v) is 12.1. The van der Waals surface area contributed by atoms with E-state index in [0.717, 1.165) is 48.1 Å². The number of anilines is 1. The van der Waals surface area contributed by atoms with Crippen molar-refractivity contribution >= 4 is 11.6 Å². The number of piperidine rings is 1. The Kier molecular flexibility index (Phi) is 6.69. The van der Waals surface area contributed by atoms with Gasteiger partial charge in [-0.25, -0.2) is 30.7 Å². The molecule has 2 aromatic rings. The number of hydrogen-bond donors (Lipinski definition) is 2. The monoisotopic (exact) mass is 546 g/mol. The molecule has 6 nitrogen and oxygen atoms in total. The van der Waals surface area contributed by atoms with Crippen molar-refractivity contribution in [2.75, 3.05) is 25.5 Å². The SMILES string of the molecule is CN1C[C@@H]2[C@H](C1)[C@H]2Nc1cc(=O)n(C2(C(F)F)CC2)cc1C(=O)N[C@@H](c1cccc(C(F)F)c1F)C(F)F. The van der Waals surface area contributed by atoms with Crippen LogP contribution in [0.2, 0.25) is 0 Å². The van der Waals surface area contributed by atoms with Crippen molar-refractivity contribution in [1.82, 2.24) is 14.8 Å². The summed E-state index contributed by atoms with van der Waals surface area (Å²) in [5, 5.41) is 5.06. The largest absolute Gasteiger partial charge is 0.381 e. The predicted octanol–water partition coefficient (Wildman–Crippen LogP) is 4.39. The van der Waals surface area contributed by atoms with Gasteiger partial charge >= 0.3 is 0 Å². The van der Waals surface area contributed by atoms with Gasteiger partial charge in [-0.3, -0.25) is 9.59 Å². The average molecular weight is 546 g/mol. The molecule has 1 aromatic carbocycles. The van der Waals surface area contributed by atoms with Crippen molar-refractivity contribution in [2.45, 2.75) is 49.7 Å². The molecule has 2 N–H and O–H groups in total. The highest BCUT2D eigenvalue weighted by Gasteiger charge is 2.56. The second-order valence-corrected chi connectivity index (χ2v) is 10.3. The Balaban J connectivity index is 1.50. The number of nitrogens with one attached hydrogen (secondary N) is 2. The Labute approximate surface area is 212 Å². The Morgan fingerprint density at radius 1 is 1.05 bits per heavy atom. The summed E-state index contributed by atoms with van der Waals surface area (Å²) in [6, 6.07) is 1.14. The van der Waals surface area contributed by atoms with Gasteiger partial charge in [0.05, 0.1) is 16.8 Å². The first-order chi connectivity index (χ1) is 17.9. The van der Waals surface area contributed by atoms with Crippen molar-refractivity contribution < 1.29 is 35.5 Å². The molecule has 2 aliphatic carbocycles. The molecule has 0 bridgehead atoms. The summed E-state index contributed by atoms with van der Waals surface area (Å²) in [5.41, 5.74) is -4.91. The van der Waals surface area contributed by atoms with Crippen LogP contribution >= 0.6 is 0 Å². The molecule has 38 heavy (non-hydrogen) atoms. The van der Waals surface area contributed by atoms with Gasteiger partial charge in [0.15, 0.2) is 0 Å². The van der Waals surface area contributed by atoms with Crippen LogP contribution in [0.5, 0.6) is 0 Å². The van der Waals surface area contributed by atoms with Crippen LogP contribution in [-0.2, 0) is 5.54 Å². The molecule has 1 aliphatic heterocycles. The second kappa shape index (κ2) is 9.58. The highest BCUT2D eigenvalue weighted by molar-refractivity contribution is 5.99. The molecule has 206 valence electrons. The van der Waals surface area contributed by atoms with Crippen LogP contribution in [0.4, 0.5) is 36.4 Å². The standard InChI is InChI=1S/C25H25F7N4O2/c1-35-8-13-14(9-35)19(13)33-16-7-17(37)36(25(5-6-25)24(31)32)10-15(16)23(38)34-20(22(29)30)11-3-2-4-12(18(11)26)21(27)28/h2-4,7,10,13-14,19-22,24,33H,5-6,8-9H2,1H3,(H,34,38)/t13-,14+,19+,20-/m0/s1. The minimum absolute atomic E-state index is 0.0111. The Morgan fingerprint density at radius 2 is 1.68 bits per heavy atom. The van der Waals surface area contributed by atoms with Crippen molar-refractivity contribution in [3.63, 3.8) is 0 Å². The van der Waals surface area contributed by atoms with E-state index in [1.54, 1.807) is 0 Å². The summed E-state index contributed by atoms with van der Waals surface area (Å²) in [6.45, 7) is 1.53. The molecular formula is C25H25F7N4O2. The van der Waals surface area contributed by atoms with E-state index in [4.69, 9.17) is 0 Å². The lowest BCUT2D eigenvalue weighted by Gasteiger charge is -2.24. The lowest BCUT2D eigenvalue weighted by Crippen LogP contribution is -2.39. The lowest BCUT2D eigenvalue weighted by molar-refractivity contribution is 0.0643. The summed E-state index contributed by atoms with van der Waals surface area (Å²) in [5.74, 6) is -2.31. The molecule has 3 fully saturated rings. The van der Waals surface area contributed by atoms with Gasteiger partial charge in [-0.15, -0.1) is 0 Å². The van der Waals surface area contributed by atoms with Crippen molar-refractivity contribution in [1.29, 1.82) is 0 Å². The Morgan fingerprint density at radius 3 is 2.24 bits per heavy atom. The molecule has 1 amide bonds. The fourth-order valence-corrected chi connectivity index (χ4v) is 5.48. The van der Waals surface area contributed by atoms with Gasteiger partial charge < -0.3 is 20.1 Å². The Bertz CT molecular complexity index is 1280. The van der Waals surface area contributed by atoms with E-state index in [2.05, 4.69) is 10.2 Å². The number of carbonyl (C=O) groups is 1. The third-order valence-electron chi connectivity index (χ3n) is 7.81. The molecule has 0 unspecified atom stereocenters. The molecule has 0 radical (unpaired) electrons. The molecule has 1 aromatic heterocycles. The van der Waals surface area contributed by atoms with E-state index >= 15 is 0 Å². The normalized spacial score (nSPS) is 24.6. The van der Waals surface area contributed by atoms with Crippen LogP contribution in [0.25, 0.3) is 0 Å². The zero-order valence-corrected chi connectivity index (χ0v) is 20.1. The van der Waals surface area contributed by atoms with Crippen molar-refractivity contribution in [3.8, 4) is 0 Å². The third-order valence-corrected chi connectivity index (χ3v) is 7.81. The maximum Gasteiger partial charge on any atom is 0.266 e. The number of halogens is 7. The molecule has 2 saturated carbocycles. The van der Waals surface area contributed by atoms with E-state index < -0.39 is 59.3 Å². The van der Waals surface area contributed by atoms with Gasteiger partial charge in [0, 0.05) is 37.0 Å². The van der Waals surface area contributed by atoms with E-state index in [1.165, 1.54) is 0 Å². The van der Waals surface area contributed by atoms with E-state index in [0.29, 0.717) is 0 Å². The molecule has 5 rings (SSSR count). The number of carbonyl (C=O) groups excluding carboxylic acids is 1. The number of pyridine rings is 1. The number of alkyl halides is 6. The number of rotatable bonds is 9. The van der Waals surface area contributed by atoms with E-state index in [-0.39, 0.29) is 42.0 Å². The first kappa shape index (κ1) is 26.5. The number of aromatic nitrogens is 1. The van der Waals surface area contributed by atoms with Crippen LogP contribution in [0, 0.1) is 17.7 Å². The number of amides is 1. The highest BCUT2D eigenvalue weighted by atomic mass is 19.3. The topological polar surface area (TPSA) is 66.4 Å². The summed E-state index contributed by atoms with van der Waals surface area (Å²) >= 11 is 0. The molecule has 1 saturated heterocycles. The van der Waals surface area contributed by atoms with Gasteiger partial charge in [-0.2, -0.15) is 0 Å². The second-order valence-electron chi connectivity index (χ2n) is 10.3. The third kappa shape index (κ3) is 4.54. The van der Waals surface area contributed by atoms with Crippen LogP contribution < -0.4 is 16.2 Å². The fraction of sp³-hybridized carbons (Fsp3) is 0.520. The lowest BCUT2D eigenvalue weighted by atomic mass is 10.0. The molecule has 13 heteroatoms. The fourth-order valence-electron chi connectivity index (χ4n) is 5.48. The number of benzene rings is 1. The maximum atomic E-state index is 14.7. The van der Waals surface area contributed by atoms with Gasteiger partial charge in [0.25, 0.3) is 30.7 Å². The van der Waals surface area contributed by atoms with Gasteiger partial charge in [0.1, 0.15) is 17.4 Å². The summed E-state index contributed by atoms with van der Waals surface area (Å²) in [4.78, 5) is 28.2. The Hall–Kier alpha value is -3.09. The maximum absolute atomic E-state index is 14.7. The smallest absolute Gasteiger partial charge is 0.266 e. The molecule has 3 aliphatic rings.